The monoisotopic (exact) mass is 327 g/mol. The van der Waals surface area contributed by atoms with Crippen LogP contribution in [0.4, 0.5) is 0 Å². The second-order valence-corrected chi connectivity index (χ2v) is 6.54. The van der Waals surface area contributed by atoms with Gasteiger partial charge >= 0.3 is 0 Å². The first-order valence-electron chi connectivity index (χ1n) is 8.18. The van der Waals surface area contributed by atoms with Crippen molar-refractivity contribution in [1.29, 1.82) is 0 Å². The van der Waals surface area contributed by atoms with Gasteiger partial charge in [-0.05, 0) is 26.3 Å². The summed E-state index contributed by atoms with van der Waals surface area (Å²) in [5.41, 5.74) is -1.02. The molecule has 23 heavy (non-hydrogen) atoms. The Kier molecular flexibility index (Phi) is 7.64. The van der Waals surface area contributed by atoms with Crippen LogP contribution in [0, 0.1) is 5.92 Å². The van der Waals surface area contributed by atoms with E-state index in [1.54, 1.807) is 14.0 Å². The minimum Gasteiger partial charge on any atom is -0.381 e. The minimum atomic E-state index is -1.02. The lowest BCUT2D eigenvalue weighted by Gasteiger charge is -2.38. The molecule has 0 spiro atoms. The normalized spacial score (nSPS) is 19.7. The maximum absolute atomic E-state index is 12.8. The fraction of sp³-hybridized carbons (Fsp3) is 0.812. The van der Waals surface area contributed by atoms with Crippen LogP contribution in [-0.2, 0) is 19.1 Å². The average Bonchev–Trinajstić information content (AvgIpc) is 2.53. The summed E-state index contributed by atoms with van der Waals surface area (Å²) in [6, 6.07) is -0.944. The quantitative estimate of drug-likeness (QED) is 0.545. The van der Waals surface area contributed by atoms with Crippen molar-refractivity contribution in [2.45, 2.75) is 57.7 Å². The van der Waals surface area contributed by atoms with E-state index in [-0.39, 0.29) is 17.7 Å². The van der Waals surface area contributed by atoms with E-state index < -0.39 is 17.6 Å². The molecule has 0 bridgehead atoms. The van der Waals surface area contributed by atoms with Gasteiger partial charge in [0.15, 0.2) is 0 Å². The van der Waals surface area contributed by atoms with Crippen molar-refractivity contribution < 1.29 is 19.1 Å². The molecule has 0 aromatic carbocycles. The largest absolute Gasteiger partial charge is 0.381 e. The second-order valence-electron chi connectivity index (χ2n) is 6.54. The van der Waals surface area contributed by atoms with Gasteiger partial charge in [0, 0.05) is 26.1 Å². The average molecular weight is 327 g/mol. The van der Waals surface area contributed by atoms with Gasteiger partial charge in [0.2, 0.25) is 11.8 Å². The molecule has 1 heterocycles. The van der Waals surface area contributed by atoms with Crippen LogP contribution >= 0.6 is 0 Å². The number of nitrogens with one attached hydrogen (secondary N) is 3. The molecule has 1 rings (SSSR count). The first-order chi connectivity index (χ1) is 10.8. The Labute approximate surface area is 137 Å². The van der Waals surface area contributed by atoms with Crippen LogP contribution in [0.15, 0.2) is 0 Å². The molecule has 7 heteroatoms. The van der Waals surface area contributed by atoms with Crippen LogP contribution in [-0.4, -0.2) is 56.0 Å². The molecule has 132 valence electrons. The highest BCUT2D eigenvalue weighted by molar-refractivity contribution is 5.94. The van der Waals surface area contributed by atoms with Crippen LogP contribution in [0.1, 0.15) is 40.0 Å². The summed E-state index contributed by atoms with van der Waals surface area (Å²) in [5.74, 6) is -0.263. The van der Waals surface area contributed by atoms with Crippen LogP contribution in [0.5, 0.6) is 0 Å². The minimum absolute atomic E-state index is 0.240. The number of likely N-dealkylation sites (N-methyl/N-ethyl adjacent to an activating group) is 1. The van der Waals surface area contributed by atoms with Gasteiger partial charge in [-0.2, -0.15) is 0 Å². The molecule has 0 saturated carbocycles. The summed E-state index contributed by atoms with van der Waals surface area (Å²) in [7, 11) is 1.69. The number of amides is 2. The molecule has 0 aromatic rings. The SMILES string of the molecule is CN[C@@H](C)C(=O)NC1(C(=O)N[C@H](C=O)CC(C)C)CCOCC1. The van der Waals surface area contributed by atoms with Crippen LogP contribution in [0.25, 0.3) is 0 Å². The topological polar surface area (TPSA) is 96.5 Å². The van der Waals surface area contributed by atoms with Crippen molar-refractivity contribution in [1.82, 2.24) is 16.0 Å². The van der Waals surface area contributed by atoms with E-state index >= 15 is 0 Å². The summed E-state index contributed by atoms with van der Waals surface area (Å²) in [5, 5.41) is 8.49. The fourth-order valence-corrected chi connectivity index (χ4v) is 2.57. The molecule has 0 radical (unpaired) electrons. The van der Waals surface area contributed by atoms with Gasteiger partial charge in [-0.25, -0.2) is 0 Å². The van der Waals surface area contributed by atoms with Crippen molar-refractivity contribution in [3.05, 3.63) is 0 Å². The summed E-state index contributed by atoms with van der Waals surface area (Å²) < 4.78 is 5.32. The third-order valence-electron chi connectivity index (χ3n) is 4.18. The zero-order chi connectivity index (χ0) is 17.5. The molecule has 7 nitrogen and oxygen atoms in total. The molecule has 0 aliphatic carbocycles. The van der Waals surface area contributed by atoms with E-state index in [0.717, 1.165) is 6.29 Å². The Balaban J connectivity index is 2.85. The molecule has 2 amide bonds. The lowest BCUT2D eigenvalue weighted by Crippen LogP contribution is -2.64. The number of aldehydes is 1. The third-order valence-corrected chi connectivity index (χ3v) is 4.18. The van der Waals surface area contributed by atoms with E-state index in [1.807, 2.05) is 13.8 Å². The number of hydrogen-bond acceptors (Lipinski definition) is 5. The van der Waals surface area contributed by atoms with Crippen molar-refractivity contribution in [2.75, 3.05) is 20.3 Å². The van der Waals surface area contributed by atoms with Crippen molar-refractivity contribution in [3.8, 4) is 0 Å². The Morgan fingerprint density at radius 2 is 1.83 bits per heavy atom. The van der Waals surface area contributed by atoms with Gasteiger partial charge < -0.3 is 25.5 Å². The van der Waals surface area contributed by atoms with Crippen LogP contribution in [0.3, 0.4) is 0 Å². The molecule has 2 atom stereocenters. The van der Waals surface area contributed by atoms with E-state index in [0.29, 0.717) is 32.5 Å². The molecule has 0 unspecified atom stereocenters. The number of carbonyl (C=O) groups excluding carboxylic acids is 3. The van der Waals surface area contributed by atoms with Gasteiger partial charge in [-0.1, -0.05) is 13.8 Å². The first kappa shape index (κ1) is 19.6. The Morgan fingerprint density at radius 3 is 2.30 bits per heavy atom. The molecule has 0 aromatic heterocycles. The summed E-state index contributed by atoms with van der Waals surface area (Å²) in [6.07, 6.45) is 2.12. The van der Waals surface area contributed by atoms with E-state index in [2.05, 4.69) is 16.0 Å². The molecule has 1 saturated heterocycles. The van der Waals surface area contributed by atoms with Gasteiger partial charge in [-0.3, -0.25) is 9.59 Å². The number of ether oxygens (including phenoxy) is 1. The number of hydrogen-bond donors (Lipinski definition) is 3. The Bertz CT molecular complexity index is 420. The lowest BCUT2D eigenvalue weighted by atomic mass is 9.87. The maximum atomic E-state index is 12.8. The van der Waals surface area contributed by atoms with Gasteiger partial charge in [0.25, 0.3) is 0 Å². The summed E-state index contributed by atoms with van der Waals surface area (Å²) in [6.45, 7) is 6.51. The van der Waals surface area contributed by atoms with E-state index in [9.17, 15) is 14.4 Å². The molecule has 1 aliphatic rings. The molecular weight excluding hydrogens is 298 g/mol. The summed E-state index contributed by atoms with van der Waals surface area (Å²) >= 11 is 0. The van der Waals surface area contributed by atoms with Gasteiger partial charge in [0.1, 0.15) is 11.8 Å². The lowest BCUT2D eigenvalue weighted by molar-refractivity contribution is -0.139. The highest BCUT2D eigenvalue weighted by Gasteiger charge is 2.42. The van der Waals surface area contributed by atoms with Crippen molar-refractivity contribution >= 4 is 18.1 Å². The number of rotatable bonds is 8. The van der Waals surface area contributed by atoms with Gasteiger partial charge in [0.05, 0.1) is 12.1 Å². The molecule has 1 fully saturated rings. The Hall–Kier alpha value is -1.47. The highest BCUT2D eigenvalue weighted by atomic mass is 16.5. The molecular formula is C16H29N3O4. The van der Waals surface area contributed by atoms with Gasteiger partial charge in [-0.15, -0.1) is 0 Å². The predicted octanol–water partition coefficient (Wildman–Crippen LogP) is -0.0105. The smallest absolute Gasteiger partial charge is 0.246 e. The van der Waals surface area contributed by atoms with Crippen LogP contribution < -0.4 is 16.0 Å². The zero-order valence-electron chi connectivity index (χ0n) is 14.5. The standard InChI is InChI=1S/C16H29N3O4/c1-11(2)9-13(10-20)18-15(22)16(5-7-23-8-6-16)19-14(21)12(3)17-4/h10-13,17H,5-9H2,1-4H3,(H,18,22)(H,19,21)/t12-,13-/m0/s1. The zero-order valence-corrected chi connectivity index (χ0v) is 14.5. The van der Waals surface area contributed by atoms with Crippen molar-refractivity contribution in [3.63, 3.8) is 0 Å². The molecule has 3 N–H and O–H groups in total. The Morgan fingerprint density at radius 1 is 1.22 bits per heavy atom. The third kappa shape index (κ3) is 5.58. The first-order valence-corrected chi connectivity index (χ1v) is 8.18. The van der Waals surface area contributed by atoms with E-state index in [4.69, 9.17) is 4.74 Å². The maximum Gasteiger partial charge on any atom is 0.246 e. The summed E-state index contributed by atoms with van der Waals surface area (Å²) in [4.78, 5) is 36.2. The number of carbonyl (C=O) groups is 3. The fourth-order valence-electron chi connectivity index (χ4n) is 2.57. The predicted molar refractivity (Wildman–Crippen MR) is 86.9 cm³/mol. The van der Waals surface area contributed by atoms with E-state index in [1.165, 1.54) is 0 Å². The second kappa shape index (κ2) is 8.98. The van der Waals surface area contributed by atoms with Crippen molar-refractivity contribution in [2.24, 2.45) is 5.92 Å². The molecule has 1 aliphatic heterocycles. The highest BCUT2D eigenvalue weighted by Crippen LogP contribution is 2.22. The van der Waals surface area contributed by atoms with Crippen LogP contribution in [0.2, 0.25) is 0 Å².